The van der Waals surface area contributed by atoms with Gasteiger partial charge in [0.25, 0.3) is 0 Å². The summed E-state index contributed by atoms with van der Waals surface area (Å²) in [5.41, 5.74) is 1.37. The molecule has 0 spiro atoms. The molecule has 0 aromatic carbocycles. The van der Waals surface area contributed by atoms with Gasteiger partial charge in [-0.1, -0.05) is 0 Å². The summed E-state index contributed by atoms with van der Waals surface area (Å²) in [6, 6.07) is 0.0571. The molecule has 2 aromatic rings. The van der Waals surface area contributed by atoms with Crippen LogP contribution in [-0.2, 0) is 10.8 Å². The molecule has 2 heterocycles. The molecule has 104 valence electrons. The maximum Gasteiger partial charge on any atom is 0.226 e. The Morgan fingerprint density at radius 3 is 2.95 bits per heavy atom. The number of rotatable bonds is 6. The summed E-state index contributed by atoms with van der Waals surface area (Å²) in [7, 11) is -0.850. The Hall–Kier alpha value is -1.70. The normalized spacial score (nSPS) is 14.3. The maximum absolute atomic E-state index is 11.2. The molecule has 7 nitrogen and oxygen atoms in total. The summed E-state index contributed by atoms with van der Waals surface area (Å²) in [4.78, 5) is 15.9. The van der Waals surface area contributed by atoms with E-state index in [4.69, 9.17) is 0 Å². The number of hydrogen-bond acceptors (Lipinski definition) is 6. The third-order valence-electron chi connectivity index (χ3n) is 2.49. The highest BCUT2D eigenvalue weighted by Crippen LogP contribution is 2.19. The maximum atomic E-state index is 11.2. The minimum atomic E-state index is -0.850. The molecular formula is C11H18N6OS. The largest absolute Gasteiger partial charge is 0.365 e. The van der Waals surface area contributed by atoms with Crippen LogP contribution in [0.25, 0.3) is 11.2 Å². The average Bonchev–Trinajstić information content (AvgIpc) is 2.76. The van der Waals surface area contributed by atoms with Crippen molar-refractivity contribution < 1.29 is 4.21 Å². The first-order valence-electron chi connectivity index (χ1n) is 6.11. The first kappa shape index (κ1) is 13.7. The number of H-pyrrole nitrogens is 1. The van der Waals surface area contributed by atoms with Gasteiger partial charge in [-0.05, 0) is 13.8 Å². The Balaban J connectivity index is 2.29. The summed E-state index contributed by atoms with van der Waals surface area (Å²) in [6.07, 6.45) is 3.27. The molecule has 0 aliphatic heterocycles. The van der Waals surface area contributed by atoms with E-state index >= 15 is 0 Å². The monoisotopic (exact) mass is 282 g/mol. The molecule has 0 saturated heterocycles. The van der Waals surface area contributed by atoms with E-state index in [-0.39, 0.29) is 6.04 Å². The van der Waals surface area contributed by atoms with Crippen molar-refractivity contribution in [2.45, 2.75) is 19.9 Å². The zero-order valence-electron chi connectivity index (χ0n) is 11.2. The van der Waals surface area contributed by atoms with Gasteiger partial charge in [0.2, 0.25) is 5.95 Å². The van der Waals surface area contributed by atoms with E-state index < -0.39 is 10.8 Å². The number of fused-ring (bicyclic) bond motifs is 1. The van der Waals surface area contributed by atoms with Crippen molar-refractivity contribution >= 4 is 33.7 Å². The van der Waals surface area contributed by atoms with E-state index in [0.717, 1.165) is 12.1 Å². The smallest absolute Gasteiger partial charge is 0.226 e. The topological polar surface area (TPSA) is 95.6 Å². The summed E-state index contributed by atoms with van der Waals surface area (Å²) in [6.45, 7) is 4.69. The van der Waals surface area contributed by atoms with Crippen LogP contribution in [0.2, 0.25) is 0 Å². The fourth-order valence-electron chi connectivity index (χ4n) is 1.80. The molecule has 19 heavy (non-hydrogen) atoms. The number of nitrogens with zero attached hydrogens (tertiary/aromatic N) is 3. The van der Waals surface area contributed by atoms with Gasteiger partial charge in [-0.25, -0.2) is 4.98 Å². The van der Waals surface area contributed by atoms with Crippen LogP contribution in [-0.4, -0.2) is 48.7 Å². The van der Waals surface area contributed by atoms with Gasteiger partial charge < -0.3 is 15.6 Å². The van der Waals surface area contributed by atoms with Crippen molar-refractivity contribution in [1.82, 2.24) is 19.9 Å². The molecule has 0 saturated carbocycles. The van der Waals surface area contributed by atoms with Crippen molar-refractivity contribution in [3.05, 3.63) is 6.33 Å². The molecule has 0 fully saturated rings. The van der Waals surface area contributed by atoms with Crippen LogP contribution in [0.3, 0.4) is 0 Å². The van der Waals surface area contributed by atoms with E-state index in [9.17, 15) is 4.21 Å². The van der Waals surface area contributed by atoms with Crippen molar-refractivity contribution in [3.63, 3.8) is 0 Å². The molecular weight excluding hydrogens is 264 g/mol. The fourth-order valence-corrected chi connectivity index (χ4v) is 2.59. The molecule has 2 aromatic heterocycles. The van der Waals surface area contributed by atoms with Gasteiger partial charge in [-0.2, -0.15) is 9.97 Å². The van der Waals surface area contributed by atoms with Crippen LogP contribution in [0.5, 0.6) is 0 Å². The van der Waals surface area contributed by atoms with Gasteiger partial charge in [0.05, 0.1) is 6.33 Å². The van der Waals surface area contributed by atoms with Gasteiger partial charge in [0.15, 0.2) is 11.5 Å². The van der Waals surface area contributed by atoms with E-state index in [2.05, 4.69) is 30.6 Å². The van der Waals surface area contributed by atoms with Crippen molar-refractivity contribution in [3.8, 4) is 0 Å². The Morgan fingerprint density at radius 2 is 2.26 bits per heavy atom. The highest BCUT2D eigenvalue weighted by Gasteiger charge is 2.12. The number of anilines is 2. The van der Waals surface area contributed by atoms with Gasteiger partial charge in [0.1, 0.15) is 5.52 Å². The number of hydrogen-bond donors (Lipinski definition) is 3. The molecule has 2 rings (SSSR count). The van der Waals surface area contributed by atoms with E-state index in [1.807, 2.05) is 13.8 Å². The molecule has 8 heteroatoms. The number of aromatic nitrogens is 4. The Morgan fingerprint density at radius 1 is 1.47 bits per heavy atom. The highest BCUT2D eigenvalue weighted by atomic mass is 32.2. The van der Waals surface area contributed by atoms with Crippen molar-refractivity contribution in [2.24, 2.45) is 0 Å². The number of nitrogens with one attached hydrogen (secondary N) is 3. The summed E-state index contributed by atoms with van der Waals surface area (Å²) < 4.78 is 11.2. The number of imidazole rings is 1. The third kappa shape index (κ3) is 3.40. The van der Waals surface area contributed by atoms with Crippen molar-refractivity contribution in [2.75, 3.05) is 29.2 Å². The molecule has 0 radical (unpaired) electrons. The fraction of sp³-hybridized carbons (Fsp3) is 0.545. The lowest BCUT2D eigenvalue weighted by molar-refractivity contribution is 0.683. The van der Waals surface area contributed by atoms with Crippen LogP contribution < -0.4 is 10.6 Å². The van der Waals surface area contributed by atoms with Crippen molar-refractivity contribution in [1.29, 1.82) is 0 Å². The van der Waals surface area contributed by atoms with E-state index in [0.29, 0.717) is 23.2 Å². The zero-order chi connectivity index (χ0) is 13.8. The minimum absolute atomic E-state index is 0.0571. The summed E-state index contributed by atoms with van der Waals surface area (Å²) in [5.74, 6) is 1.78. The highest BCUT2D eigenvalue weighted by molar-refractivity contribution is 7.84. The third-order valence-corrected chi connectivity index (χ3v) is 3.46. The lowest BCUT2D eigenvalue weighted by atomic mass is 10.3. The molecule has 0 bridgehead atoms. The summed E-state index contributed by atoms with van der Waals surface area (Å²) >= 11 is 0. The first-order chi connectivity index (χ1) is 9.10. The second-order valence-corrected chi connectivity index (χ2v) is 5.79. The number of aromatic amines is 1. The Bertz CT molecular complexity index is 584. The summed E-state index contributed by atoms with van der Waals surface area (Å²) in [5, 5.41) is 6.31. The quantitative estimate of drug-likeness (QED) is 0.730. The van der Waals surface area contributed by atoms with Crippen LogP contribution in [0.1, 0.15) is 13.8 Å². The van der Waals surface area contributed by atoms with Crippen LogP contribution in [0.15, 0.2) is 6.33 Å². The SMILES string of the molecule is CCNc1nc(NC(C)CS(C)=O)c2[nH]cnc2n1. The average molecular weight is 282 g/mol. The van der Waals surface area contributed by atoms with E-state index in [1.54, 1.807) is 12.6 Å². The van der Waals surface area contributed by atoms with Gasteiger partial charge >= 0.3 is 0 Å². The lowest BCUT2D eigenvalue weighted by Gasteiger charge is -2.14. The van der Waals surface area contributed by atoms with Crippen LogP contribution in [0.4, 0.5) is 11.8 Å². The lowest BCUT2D eigenvalue weighted by Crippen LogP contribution is -2.23. The molecule has 0 aliphatic rings. The molecule has 0 amide bonds. The molecule has 2 atom stereocenters. The Labute approximate surface area is 114 Å². The predicted octanol–water partition coefficient (Wildman–Crippen LogP) is 0.964. The second kappa shape index (κ2) is 5.96. The Kier molecular flexibility index (Phi) is 4.31. The first-order valence-corrected chi connectivity index (χ1v) is 7.84. The molecule has 2 unspecified atom stereocenters. The van der Waals surface area contributed by atoms with Crippen LogP contribution >= 0.6 is 0 Å². The van der Waals surface area contributed by atoms with E-state index in [1.165, 1.54) is 0 Å². The standard InChI is InChI=1S/C11H18N6OS/c1-4-12-11-16-9-8(13-6-14-9)10(17-11)15-7(2)5-19(3)18/h6-7H,4-5H2,1-3H3,(H3,12,13,14,15,16,17). The minimum Gasteiger partial charge on any atom is -0.365 e. The molecule has 3 N–H and O–H groups in total. The second-order valence-electron chi connectivity index (χ2n) is 4.31. The van der Waals surface area contributed by atoms with Gasteiger partial charge in [-0.3, -0.25) is 4.21 Å². The predicted molar refractivity (Wildman–Crippen MR) is 77.9 cm³/mol. The van der Waals surface area contributed by atoms with Gasteiger partial charge in [0, 0.05) is 35.4 Å². The zero-order valence-corrected chi connectivity index (χ0v) is 12.0. The van der Waals surface area contributed by atoms with Crippen LogP contribution in [0, 0.1) is 0 Å². The van der Waals surface area contributed by atoms with Gasteiger partial charge in [-0.15, -0.1) is 0 Å². The molecule has 0 aliphatic carbocycles.